The molecule has 5 N–H and O–H groups in total. The SMILES string of the molecule is N[C@@H](C(=O)N1CC(Oc2ccc3c(c2C(=O)O)OB(O)CC3)C1)c1ccc(O)cc1. The van der Waals surface area contributed by atoms with E-state index in [-0.39, 0.29) is 47.9 Å². The molecule has 1 fully saturated rings. The topological polar surface area (TPSA) is 143 Å². The van der Waals surface area contributed by atoms with Crippen LogP contribution < -0.4 is 15.1 Å². The number of carbonyl (C=O) groups excluding carboxylic acids is 1. The quantitative estimate of drug-likeness (QED) is 0.528. The van der Waals surface area contributed by atoms with Crippen LogP contribution in [0.3, 0.4) is 0 Å². The molecule has 2 aliphatic heterocycles. The number of amides is 1. The van der Waals surface area contributed by atoms with Crippen LogP contribution in [0.5, 0.6) is 17.2 Å². The minimum Gasteiger partial charge on any atom is -0.535 e. The molecule has 0 radical (unpaired) electrons. The summed E-state index contributed by atoms with van der Waals surface area (Å²) in [6.07, 6.45) is 0.524. The summed E-state index contributed by atoms with van der Waals surface area (Å²) in [5, 5.41) is 28.7. The van der Waals surface area contributed by atoms with Gasteiger partial charge in [0.2, 0.25) is 5.91 Å². The van der Waals surface area contributed by atoms with Crippen molar-refractivity contribution in [3.63, 3.8) is 0 Å². The third-order valence-corrected chi connectivity index (χ3v) is 5.30. The van der Waals surface area contributed by atoms with Crippen molar-refractivity contribution in [1.82, 2.24) is 4.90 Å². The number of aromatic carboxylic acids is 1. The highest BCUT2D eigenvalue weighted by molar-refractivity contribution is 6.44. The maximum Gasteiger partial charge on any atom is 0.522 e. The van der Waals surface area contributed by atoms with Gasteiger partial charge in [-0.2, -0.15) is 0 Å². The Kier molecular flexibility index (Phi) is 5.27. The first-order chi connectivity index (χ1) is 14.3. The van der Waals surface area contributed by atoms with Crippen LogP contribution in [0.2, 0.25) is 6.32 Å². The fourth-order valence-electron chi connectivity index (χ4n) is 3.61. The predicted octanol–water partition coefficient (Wildman–Crippen LogP) is 0.795. The van der Waals surface area contributed by atoms with E-state index >= 15 is 0 Å². The second kappa shape index (κ2) is 7.89. The van der Waals surface area contributed by atoms with E-state index in [9.17, 15) is 24.8 Å². The van der Waals surface area contributed by atoms with Gasteiger partial charge in [0.25, 0.3) is 0 Å². The van der Waals surface area contributed by atoms with Crippen molar-refractivity contribution in [3.05, 3.63) is 53.1 Å². The van der Waals surface area contributed by atoms with Crippen molar-refractivity contribution in [2.75, 3.05) is 13.1 Å². The summed E-state index contributed by atoms with van der Waals surface area (Å²) in [5.41, 5.74) is 7.18. The van der Waals surface area contributed by atoms with Gasteiger partial charge in [-0.1, -0.05) is 18.2 Å². The lowest BCUT2D eigenvalue weighted by Gasteiger charge is -2.40. The normalized spacial score (nSPS) is 16.9. The lowest BCUT2D eigenvalue weighted by molar-refractivity contribution is -0.141. The number of phenols is 1. The Morgan fingerprint density at radius 1 is 1.20 bits per heavy atom. The number of likely N-dealkylation sites (tertiary alicyclic amines) is 1. The number of benzene rings is 2. The van der Waals surface area contributed by atoms with Gasteiger partial charge in [-0.05, 0) is 42.1 Å². The molecule has 2 aliphatic rings. The minimum absolute atomic E-state index is 0.0894. The highest BCUT2D eigenvalue weighted by Gasteiger charge is 2.37. The van der Waals surface area contributed by atoms with E-state index in [1.54, 1.807) is 24.3 Å². The van der Waals surface area contributed by atoms with Crippen LogP contribution in [0.4, 0.5) is 0 Å². The third-order valence-electron chi connectivity index (χ3n) is 5.30. The molecule has 30 heavy (non-hydrogen) atoms. The highest BCUT2D eigenvalue weighted by Crippen LogP contribution is 2.37. The van der Waals surface area contributed by atoms with Gasteiger partial charge in [-0.25, -0.2) is 4.79 Å². The fraction of sp³-hybridized carbons (Fsp3) is 0.300. The lowest BCUT2D eigenvalue weighted by atomic mass is 9.78. The number of phenolic OH excluding ortho intramolecular Hbond substituents is 1. The van der Waals surface area contributed by atoms with E-state index in [1.165, 1.54) is 17.0 Å². The average molecular weight is 412 g/mol. The van der Waals surface area contributed by atoms with Crippen molar-refractivity contribution in [2.45, 2.75) is 24.9 Å². The van der Waals surface area contributed by atoms with E-state index in [1.807, 2.05) is 0 Å². The Morgan fingerprint density at radius 3 is 2.57 bits per heavy atom. The Bertz CT molecular complexity index is 976. The summed E-state index contributed by atoms with van der Waals surface area (Å²) in [4.78, 5) is 25.9. The molecule has 0 saturated carbocycles. The summed E-state index contributed by atoms with van der Waals surface area (Å²) in [6.45, 7) is 0.536. The number of nitrogens with two attached hydrogens (primary N) is 1. The van der Waals surface area contributed by atoms with Gasteiger partial charge in [0.15, 0.2) is 0 Å². The largest absolute Gasteiger partial charge is 0.535 e. The summed E-state index contributed by atoms with van der Waals surface area (Å²) in [6, 6.07) is 8.56. The van der Waals surface area contributed by atoms with Crippen LogP contribution in [0.1, 0.15) is 27.5 Å². The van der Waals surface area contributed by atoms with E-state index in [0.29, 0.717) is 23.9 Å². The second-order valence-corrected chi connectivity index (χ2v) is 7.40. The smallest absolute Gasteiger partial charge is 0.522 e. The molecule has 0 unspecified atom stereocenters. The number of hydrogen-bond donors (Lipinski definition) is 4. The van der Waals surface area contributed by atoms with Crippen molar-refractivity contribution in [3.8, 4) is 17.2 Å². The first kappa shape index (κ1) is 20.1. The summed E-state index contributed by atoms with van der Waals surface area (Å²) in [7, 11) is -1.05. The second-order valence-electron chi connectivity index (χ2n) is 7.40. The van der Waals surface area contributed by atoms with E-state index in [4.69, 9.17) is 15.1 Å². The van der Waals surface area contributed by atoms with Gasteiger partial charge in [0.1, 0.15) is 35.0 Å². The van der Waals surface area contributed by atoms with E-state index < -0.39 is 19.1 Å². The van der Waals surface area contributed by atoms with Crippen LogP contribution in [0, 0.1) is 0 Å². The molecule has 10 heteroatoms. The number of nitrogens with zero attached hydrogens (tertiary/aromatic N) is 1. The molecular formula is C20H21BN2O7. The maximum absolute atomic E-state index is 12.6. The monoisotopic (exact) mass is 412 g/mol. The van der Waals surface area contributed by atoms with E-state index in [2.05, 4.69) is 0 Å². The van der Waals surface area contributed by atoms with Crippen LogP contribution in [-0.4, -0.2) is 58.3 Å². The molecule has 4 rings (SSSR count). The van der Waals surface area contributed by atoms with Crippen LogP contribution in [0.15, 0.2) is 36.4 Å². The third kappa shape index (κ3) is 3.79. The van der Waals surface area contributed by atoms with Crippen molar-refractivity contribution < 1.29 is 34.2 Å². The Labute approximate surface area is 172 Å². The van der Waals surface area contributed by atoms with E-state index in [0.717, 1.165) is 0 Å². The van der Waals surface area contributed by atoms with Gasteiger partial charge in [-0.15, -0.1) is 0 Å². The highest BCUT2D eigenvalue weighted by atomic mass is 16.5. The maximum atomic E-state index is 12.6. The Balaban J connectivity index is 1.42. The molecule has 1 saturated heterocycles. The van der Waals surface area contributed by atoms with Crippen molar-refractivity contribution in [1.29, 1.82) is 0 Å². The number of carboxylic acids is 1. The van der Waals surface area contributed by atoms with Crippen LogP contribution in [0.25, 0.3) is 0 Å². The number of ether oxygens (including phenoxy) is 1. The molecule has 9 nitrogen and oxygen atoms in total. The minimum atomic E-state index is -1.21. The zero-order valence-electron chi connectivity index (χ0n) is 16.0. The fourth-order valence-corrected chi connectivity index (χ4v) is 3.61. The lowest BCUT2D eigenvalue weighted by Crippen LogP contribution is -2.58. The molecule has 2 aromatic rings. The average Bonchev–Trinajstić information content (AvgIpc) is 2.69. The molecule has 1 atom stereocenters. The number of rotatable bonds is 5. The molecule has 0 aromatic heterocycles. The molecule has 0 spiro atoms. The summed E-state index contributed by atoms with van der Waals surface area (Å²) >= 11 is 0. The van der Waals surface area contributed by atoms with Crippen molar-refractivity contribution in [2.24, 2.45) is 5.73 Å². The number of aryl methyl sites for hydroxylation is 1. The molecule has 2 aromatic carbocycles. The first-order valence-corrected chi connectivity index (χ1v) is 9.57. The Morgan fingerprint density at radius 2 is 1.90 bits per heavy atom. The summed E-state index contributed by atoms with van der Waals surface area (Å²) in [5.74, 6) is -1.14. The Hall–Kier alpha value is -3.24. The number of carbonyl (C=O) groups is 2. The molecule has 1 amide bonds. The molecule has 0 bridgehead atoms. The molecular weight excluding hydrogens is 391 g/mol. The standard InChI is InChI=1S/C20H21BN2O7/c22-17(11-1-4-13(24)5-2-11)19(25)23-9-14(10-23)29-15-6-3-12-7-8-21(28)30-18(12)16(15)20(26)27/h1-6,14,17,24,28H,7-10,22H2,(H,26,27)/t17-/m1/s1. The molecule has 156 valence electrons. The first-order valence-electron chi connectivity index (χ1n) is 9.57. The number of hydrogen-bond acceptors (Lipinski definition) is 7. The molecule has 2 heterocycles. The van der Waals surface area contributed by atoms with Crippen LogP contribution in [-0.2, 0) is 11.2 Å². The predicted molar refractivity (Wildman–Crippen MR) is 107 cm³/mol. The molecule has 0 aliphatic carbocycles. The number of aromatic hydroxyl groups is 1. The zero-order valence-corrected chi connectivity index (χ0v) is 16.0. The number of carboxylic acid groups (broad SMARTS) is 1. The van der Waals surface area contributed by atoms with Gasteiger partial charge in [0.05, 0.1) is 13.1 Å². The van der Waals surface area contributed by atoms with Gasteiger partial charge in [0, 0.05) is 0 Å². The van der Waals surface area contributed by atoms with Gasteiger partial charge in [-0.3, -0.25) is 4.79 Å². The van der Waals surface area contributed by atoms with Crippen LogP contribution >= 0.6 is 0 Å². The zero-order chi connectivity index (χ0) is 21.4. The summed E-state index contributed by atoms with van der Waals surface area (Å²) < 4.78 is 11.2. The number of fused-ring (bicyclic) bond motifs is 1. The van der Waals surface area contributed by atoms with Gasteiger partial charge < -0.3 is 35.3 Å². The van der Waals surface area contributed by atoms with Gasteiger partial charge >= 0.3 is 13.1 Å². The van der Waals surface area contributed by atoms with Crippen molar-refractivity contribution >= 4 is 19.0 Å².